The van der Waals surface area contributed by atoms with E-state index >= 15 is 0 Å². The minimum Gasteiger partial charge on any atom is -0.382 e. The number of hydrogen-bond donors (Lipinski definition) is 1. The molecule has 0 spiro atoms. The summed E-state index contributed by atoms with van der Waals surface area (Å²) in [6, 6.07) is 9.23. The van der Waals surface area contributed by atoms with Crippen molar-refractivity contribution in [2.45, 2.75) is 25.4 Å². The Labute approximate surface area is 129 Å². The van der Waals surface area contributed by atoms with Gasteiger partial charge in [-0.3, -0.25) is 9.11 Å². The van der Waals surface area contributed by atoms with E-state index in [-0.39, 0.29) is 0 Å². The van der Waals surface area contributed by atoms with Gasteiger partial charge in [-0.1, -0.05) is 12.1 Å². The van der Waals surface area contributed by atoms with Gasteiger partial charge in [-0.05, 0) is 30.5 Å². The highest BCUT2D eigenvalue weighted by Gasteiger charge is 2.17. The summed E-state index contributed by atoms with van der Waals surface area (Å²) in [4.78, 5) is 2.43. The lowest BCUT2D eigenvalue weighted by molar-refractivity contribution is 0.0342. The van der Waals surface area contributed by atoms with Crippen LogP contribution in [-0.2, 0) is 22.1 Å². The molecular formula is C16H24N2O2S. The Kier molecular flexibility index (Phi) is 5.27. The lowest BCUT2D eigenvalue weighted by Crippen LogP contribution is -2.35. The molecule has 1 aromatic carbocycles. The zero-order chi connectivity index (χ0) is 14.5. The van der Waals surface area contributed by atoms with Gasteiger partial charge in [0.15, 0.2) is 0 Å². The van der Waals surface area contributed by atoms with Crippen molar-refractivity contribution in [1.82, 2.24) is 4.90 Å². The molecule has 0 radical (unpaired) electrons. The molecule has 2 heterocycles. The van der Waals surface area contributed by atoms with Gasteiger partial charge in [-0.25, -0.2) is 0 Å². The van der Waals surface area contributed by atoms with Gasteiger partial charge in [0, 0.05) is 53.7 Å². The maximum Gasteiger partial charge on any atom is 0.0594 e. The van der Waals surface area contributed by atoms with Crippen molar-refractivity contribution >= 4 is 16.5 Å². The molecule has 1 aromatic rings. The molecule has 1 N–H and O–H groups in total. The topological polar surface area (TPSA) is 41.6 Å². The first-order chi connectivity index (χ1) is 10.3. The standard InChI is InChI=1S/C16H24N2O2S/c19-21-11-5-16(6-12-21)17-15-3-1-14(2-4-15)13-18-7-9-20-10-8-18/h1-4,16-17H,5-13H2. The maximum absolute atomic E-state index is 11.4. The molecule has 4 nitrogen and oxygen atoms in total. The van der Waals surface area contributed by atoms with Crippen molar-refractivity contribution in [1.29, 1.82) is 0 Å². The lowest BCUT2D eigenvalue weighted by atomic mass is 10.1. The summed E-state index contributed by atoms with van der Waals surface area (Å²) >= 11 is 0. The molecular weight excluding hydrogens is 284 g/mol. The van der Waals surface area contributed by atoms with E-state index in [4.69, 9.17) is 4.74 Å². The fourth-order valence-corrected chi connectivity index (χ4v) is 4.20. The van der Waals surface area contributed by atoms with Crippen molar-refractivity contribution in [3.8, 4) is 0 Å². The highest BCUT2D eigenvalue weighted by atomic mass is 32.2. The number of nitrogens with zero attached hydrogens (tertiary/aromatic N) is 1. The van der Waals surface area contributed by atoms with E-state index in [1.165, 1.54) is 11.3 Å². The third-order valence-corrected chi connectivity index (χ3v) is 5.60. The van der Waals surface area contributed by atoms with Gasteiger partial charge < -0.3 is 10.1 Å². The zero-order valence-electron chi connectivity index (χ0n) is 12.4. The highest BCUT2D eigenvalue weighted by molar-refractivity contribution is 7.85. The Bertz CT molecular complexity index is 462. The summed E-state index contributed by atoms with van der Waals surface area (Å²) < 4.78 is 16.7. The molecule has 116 valence electrons. The normalized spacial score (nSPS) is 27.4. The second-order valence-corrected chi connectivity index (χ2v) is 7.55. The monoisotopic (exact) mass is 308 g/mol. The molecule has 2 aliphatic heterocycles. The molecule has 5 heteroatoms. The molecule has 0 aliphatic carbocycles. The third kappa shape index (κ3) is 4.53. The Morgan fingerprint density at radius 1 is 1.14 bits per heavy atom. The number of nitrogens with one attached hydrogen (secondary N) is 1. The minimum atomic E-state index is -0.583. The lowest BCUT2D eigenvalue weighted by Gasteiger charge is -2.27. The van der Waals surface area contributed by atoms with Crippen LogP contribution in [0.15, 0.2) is 24.3 Å². The molecule has 0 atom stereocenters. The SMILES string of the molecule is O=S1CCC(Nc2ccc(CN3CCOCC3)cc2)CC1. The first kappa shape index (κ1) is 15.0. The van der Waals surface area contributed by atoms with Crippen molar-refractivity contribution in [2.24, 2.45) is 0 Å². The zero-order valence-corrected chi connectivity index (χ0v) is 13.2. The summed E-state index contributed by atoms with van der Waals surface area (Å²) in [7, 11) is -0.583. The molecule has 0 unspecified atom stereocenters. The minimum absolute atomic E-state index is 0.479. The Balaban J connectivity index is 1.50. The predicted octanol–water partition coefficient (Wildman–Crippen LogP) is 1.84. The fraction of sp³-hybridized carbons (Fsp3) is 0.625. The summed E-state index contributed by atoms with van der Waals surface area (Å²) in [6.07, 6.45) is 2.03. The fourth-order valence-electron chi connectivity index (χ4n) is 2.90. The average Bonchev–Trinajstić information content (AvgIpc) is 2.53. The van der Waals surface area contributed by atoms with Gasteiger partial charge in [0.1, 0.15) is 0 Å². The second-order valence-electron chi connectivity index (χ2n) is 5.85. The molecule has 2 aliphatic rings. The maximum atomic E-state index is 11.4. The van der Waals surface area contributed by atoms with E-state index in [1.807, 2.05) is 0 Å². The Morgan fingerprint density at radius 2 is 1.81 bits per heavy atom. The average molecular weight is 308 g/mol. The smallest absolute Gasteiger partial charge is 0.0594 e. The van der Waals surface area contributed by atoms with Gasteiger partial charge in [-0.2, -0.15) is 0 Å². The van der Waals surface area contributed by atoms with Crippen LogP contribution in [0.1, 0.15) is 18.4 Å². The van der Waals surface area contributed by atoms with Crippen LogP contribution in [0.3, 0.4) is 0 Å². The summed E-state index contributed by atoms with van der Waals surface area (Å²) in [5, 5.41) is 3.56. The summed E-state index contributed by atoms with van der Waals surface area (Å²) in [5.74, 6) is 1.68. The van der Waals surface area contributed by atoms with Crippen LogP contribution in [0.5, 0.6) is 0 Å². The van der Waals surface area contributed by atoms with Gasteiger partial charge >= 0.3 is 0 Å². The van der Waals surface area contributed by atoms with E-state index in [0.29, 0.717) is 6.04 Å². The number of morpholine rings is 1. The van der Waals surface area contributed by atoms with Crippen LogP contribution < -0.4 is 5.32 Å². The van der Waals surface area contributed by atoms with Crippen LogP contribution in [0.2, 0.25) is 0 Å². The molecule has 21 heavy (non-hydrogen) atoms. The first-order valence-electron chi connectivity index (χ1n) is 7.80. The number of rotatable bonds is 4. The molecule has 0 aromatic heterocycles. The van der Waals surface area contributed by atoms with Crippen molar-refractivity contribution in [3.05, 3.63) is 29.8 Å². The van der Waals surface area contributed by atoms with E-state index in [0.717, 1.165) is 57.2 Å². The van der Waals surface area contributed by atoms with Crippen LogP contribution in [0, 0.1) is 0 Å². The Hall–Kier alpha value is -0.910. The van der Waals surface area contributed by atoms with Gasteiger partial charge in [0.05, 0.1) is 13.2 Å². The highest BCUT2D eigenvalue weighted by Crippen LogP contribution is 2.17. The molecule has 3 rings (SSSR count). The van der Waals surface area contributed by atoms with Crippen LogP contribution in [0.4, 0.5) is 5.69 Å². The number of ether oxygens (including phenoxy) is 1. The molecule has 0 bridgehead atoms. The Morgan fingerprint density at radius 3 is 2.48 bits per heavy atom. The summed E-state index contributed by atoms with van der Waals surface area (Å²) in [6.45, 7) is 4.76. The number of benzene rings is 1. The quantitative estimate of drug-likeness (QED) is 0.921. The third-order valence-electron chi connectivity index (χ3n) is 4.22. The predicted molar refractivity (Wildman–Crippen MR) is 87.1 cm³/mol. The summed E-state index contributed by atoms with van der Waals surface area (Å²) in [5.41, 5.74) is 2.53. The van der Waals surface area contributed by atoms with Gasteiger partial charge in [-0.15, -0.1) is 0 Å². The number of anilines is 1. The first-order valence-corrected chi connectivity index (χ1v) is 9.29. The molecule has 2 saturated heterocycles. The van der Waals surface area contributed by atoms with E-state index in [1.54, 1.807) is 0 Å². The van der Waals surface area contributed by atoms with E-state index in [9.17, 15) is 4.21 Å². The molecule has 2 fully saturated rings. The van der Waals surface area contributed by atoms with Crippen LogP contribution in [0.25, 0.3) is 0 Å². The van der Waals surface area contributed by atoms with Gasteiger partial charge in [0.25, 0.3) is 0 Å². The number of hydrogen-bond acceptors (Lipinski definition) is 4. The second kappa shape index (κ2) is 7.38. The van der Waals surface area contributed by atoms with Crippen LogP contribution >= 0.6 is 0 Å². The van der Waals surface area contributed by atoms with E-state index in [2.05, 4.69) is 34.5 Å². The van der Waals surface area contributed by atoms with Crippen molar-refractivity contribution in [2.75, 3.05) is 43.1 Å². The molecule has 0 amide bonds. The largest absolute Gasteiger partial charge is 0.382 e. The van der Waals surface area contributed by atoms with Crippen molar-refractivity contribution < 1.29 is 8.95 Å². The molecule has 0 saturated carbocycles. The van der Waals surface area contributed by atoms with Gasteiger partial charge in [0.2, 0.25) is 0 Å². The van der Waals surface area contributed by atoms with Crippen molar-refractivity contribution in [3.63, 3.8) is 0 Å². The van der Waals surface area contributed by atoms with Crippen LogP contribution in [-0.4, -0.2) is 53.0 Å². The van der Waals surface area contributed by atoms with E-state index < -0.39 is 10.8 Å².